The van der Waals surface area contributed by atoms with E-state index in [2.05, 4.69) is 27.8 Å². The number of benzene rings is 3. The Morgan fingerprint density at radius 1 is 0.811 bits per heavy atom. The van der Waals surface area contributed by atoms with Crippen molar-refractivity contribution in [1.82, 2.24) is 15.6 Å². The lowest BCUT2D eigenvalue weighted by Gasteiger charge is -2.08. The molecule has 0 aliphatic heterocycles. The molecule has 0 radical (unpaired) electrons. The number of nitrogens with one attached hydrogen (secondary N) is 2. The van der Waals surface area contributed by atoms with Gasteiger partial charge in [0.05, 0.1) is 26.8 Å². The number of nitrogens with zero attached hydrogens (tertiary/aromatic N) is 1. The van der Waals surface area contributed by atoms with E-state index in [4.69, 9.17) is 14.2 Å². The number of hydrogen-bond donors (Lipinski definition) is 2. The number of hydrogen-bond acceptors (Lipinski definition) is 7. The molecule has 0 aliphatic carbocycles. The van der Waals surface area contributed by atoms with Gasteiger partial charge in [-0.2, -0.15) is 0 Å². The number of amides is 1. The summed E-state index contributed by atoms with van der Waals surface area (Å²) in [6, 6.07) is 24.0. The number of aromatic nitrogens is 1. The maximum absolute atomic E-state index is 11.6. The fourth-order valence-corrected chi connectivity index (χ4v) is 3.98. The van der Waals surface area contributed by atoms with Gasteiger partial charge in [0.2, 0.25) is 0 Å². The molecule has 8 heteroatoms. The monoisotopic (exact) mass is 521 g/mol. The van der Waals surface area contributed by atoms with E-state index in [-0.39, 0.29) is 7.33 Å². The summed E-state index contributed by atoms with van der Waals surface area (Å²) in [5, 5.41) is 7.98. The van der Waals surface area contributed by atoms with Crippen molar-refractivity contribution in [2.24, 2.45) is 0 Å². The topological polar surface area (TPSA) is 81.7 Å². The summed E-state index contributed by atoms with van der Waals surface area (Å²) in [5.74, 6) is 2.50. The third-order valence-corrected chi connectivity index (χ3v) is 6.04. The molecule has 7 nitrogen and oxygen atoms in total. The summed E-state index contributed by atoms with van der Waals surface area (Å²) in [6.45, 7) is 2.23. The average Bonchev–Trinajstić information content (AvgIpc) is 3.49. The lowest BCUT2D eigenvalue weighted by Crippen LogP contribution is -2.25. The van der Waals surface area contributed by atoms with Crippen LogP contribution in [-0.2, 0) is 19.5 Å². The van der Waals surface area contributed by atoms with Crippen LogP contribution in [0.1, 0.15) is 28.6 Å². The van der Waals surface area contributed by atoms with Gasteiger partial charge in [0, 0.05) is 26.4 Å². The van der Waals surface area contributed by atoms with Crippen molar-refractivity contribution in [2.75, 3.05) is 27.9 Å². The Morgan fingerprint density at radius 3 is 1.92 bits per heavy atom. The molecule has 0 atom stereocenters. The summed E-state index contributed by atoms with van der Waals surface area (Å²) >= 11 is 1.42. The molecule has 0 saturated heterocycles. The van der Waals surface area contributed by atoms with Gasteiger partial charge in [0.25, 0.3) is 5.91 Å². The van der Waals surface area contributed by atoms with Crippen LogP contribution in [0.25, 0.3) is 0 Å². The first-order valence-corrected chi connectivity index (χ1v) is 12.8. The van der Waals surface area contributed by atoms with Crippen LogP contribution in [0.4, 0.5) is 0 Å². The molecule has 0 saturated carbocycles. The van der Waals surface area contributed by atoms with Gasteiger partial charge >= 0.3 is 0 Å². The van der Waals surface area contributed by atoms with Gasteiger partial charge in [-0.1, -0.05) is 36.4 Å². The fourth-order valence-electron chi connectivity index (χ4n) is 3.44. The van der Waals surface area contributed by atoms with E-state index in [9.17, 15) is 4.79 Å². The predicted molar refractivity (Wildman–Crippen MR) is 150 cm³/mol. The Labute approximate surface area is 223 Å². The first-order chi connectivity index (χ1) is 18.1. The van der Waals surface area contributed by atoms with E-state index in [0.717, 1.165) is 42.3 Å². The Bertz CT molecular complexity index is 1170. The highest BCUT2D eigenvalue weighted by Gasteiger charge is 2.06. The Hall–Kier alpha value is -3.88. The molecular formula is C29H35N3O4S. The van der Waals surface area contributed by atoms with Crippen LogP contribution in [0, 0.1) is 0 Å². The van der Waals surface area contributed by atoms with Crippen LogP contribution < -0.4 is 24.8 Å². The minimum absolute atomic E-state index is 0. The van der Waals surface area contributed by atoms with Gasteiger partial charge in [0.15, 0.2) is 0 Å². The molecule has 37 heavy (non-hydrogen) atoms. The van der Waals surface area contributed by atoms with E-state index < -0.39 is 0 Å². The summed E-state index contributed by atoms with van der Waals surface area (Å²) in [6.07, 6.45) is 0.792. The molecule has 3 aromatic carbocycles. The van der Waals surface area contributed by atoms with Crippen molar-refractivity contribution in [3.63, 3.8) is 0 Å². The molecule has 0 bridgehead atoms. The van der Waals surface area contributed by atoms with Crippen molar-refractivity contribution in [3.8, 4) is 17.2 Å². The predicted octanol–water partition coefficient (Wildman–Crippen LogP) is 5.36. The molecule has 1 aromatic heterocycles. The van der Waals surface area contributed by atoms with E-state index in [1.165, 1.54) is 22.5 Å². The van der Waals surface area contributed by atoms with Gasteiger partial charge in [0.1, 0.15) is 22.9 Å². The zero-order valence-corrected chi connectivity index (χ0v) is 22.2. The summed E-state index contributed by atoms with van der Waals surface area (Å²) in [5.41, 5.74) is 5.71. The van der Waals surface area contributed by atoms with Gasteiger partial charge in [-0.05, 0) is 59.5 Å². The second-order valence-electron chi connectivity index (χ2n) is 8.03. The molecule has 4 aromatic rings. The minimum Gasteiger partial charge on any atom is -0.497 e. The average molecular weight is 522 g/mol. The highest BCUT2D eigenvalue weighted by molar-refractivity contribution is 7.07. The summed E-state index contributed by atoms with van der Waals surface area (Å²) in [7, 11) is 5.01. The molecule has 1 amide bonds. The molecule has 1 heterocycles. The lowest BCUT2D eigenvalue weighted by atomic mass is 10.1. The van der Waals surface area contributed by atoms with Crippen LogP contribution in [0.5, 0.6) is 17.2 Å². The Balaban J connectivity index is 0.000000260. The molecule has 0 fully saturated rings. The maximum Gasteiger partial charge on any atom is 0.270 e. The fraction of sp³-hybridized carbons (Fsp3) is 0.241. The van der Waals surface area contributed by atoms with Crippen molar-refractivity contribution in [1.29, 1.82) is 0 Å². The standard InChI is InChI=1S/C16H19NO2.C13H14N2O2S.H2/c1-18-15-7-3-5-13(9-15)11-17-12-14-6-4-8-16(10-14)19-2;1-17-11-4-2-10(3-5-11)6-7-14-13(16)12-8-18-9-15-12;/h3-10,17H,11-12H2,1-2H3;2-5,8-9H,6-7H2,1H3,(H,14,16);1H. The largest absolute Gasteiger partial charge is 0.497 e. The Morgan fingerprint density at radius 2 is 1.41 bits per heavy atom. The maximum atomic E-state index is 11.6. The third-order valence-electron chi connectivity index (χ3n) is 5.45. The SMILES string of the molecule is COc1ccc(CCNC(=O)c2cscn2)cc1.COc1cccc(CNCc2cccc(OC)c2)c1.[HH]. The zero-order valence-electron chi connectivity index (χ0n) is 21.4. The molecule has 0 unspecified atom stereocenters. The molecular weight excluding hydrogens is 486 g/mol. The first-order valence-electron chi connectivity index (χ1n) is 11.9. The van der Waals surface area contributed by atoms with Crippen molar-refractivity contribution < 1.29 is 20.4 Å². The number of methoxy groups -OCH3 is 3. The van der Waals surface area contributed by atoms with Crippen LogP contribution in [-0.4, -0.2) is 38.8 Å². The highest BCUT2D eigenvalue weighted by atomic mass is 32.1. The number of carbonyl (C=O) groups excluding carboxylic acids is 1. The second-order valence-corrected chi connectivity index (χ2v) is 8.75. The smallest absolute Gasteiger partial charge is 0.270 e. The van der Waals surface area contributed by atoms with Crippen molar-refractivity contribution in [3.05, 3.63) is 106 Å². The third kappa shape index (κ3) is 9.59. The molecule has 0 spiro atoms. The summed E-state index contributed by atoms with van der Waals surface area (Å²) in [4.78, 5) is 15.6. The minimum atomic E-state index is -0.121. The quantitative estimate of drug-likeness (QED) is 0.276. The van der Waals surface area contributed by atoms with Crippen molar-refractivity contribution >= 4 is 17.2 Å². The zero-order chi connectivity index (χ0) is 26.3. The Kier molecular flexibility index (Phi) is 11.4. The van der Waals surface area contributed by atoms with Gasteiger partial charge in [-0.25, -0.2) is 4.98 Å². The van der Waals surface area contributed by atoms with Gasteiger partial charge in [-0.15, -0.1) is 11.3 Å². The van der Waals surface area contributed by atoms with E-state index in [1.807, 2.05) is 60.7 Å². The van der Waals surface area contributed by atoms with Crippen LogP contribution >= 0.6 is 11.3 Å². The number of thiazole rings is 1. The normalized spacial score (nSPS) is 10.1. The van der Waals surface area contributed by atoms with Gasteiger partial charge < -0.3 is 24.8 Å². The van der Waals surface area contributed by atoms with Crippen molar-refractivity contribution in [2.45, 2.75) is 19.5 Å². The van der Waals surface area contributed by atoms with Crippen LogP contribution in [0.3, 0.4) is 0 Å². The first kappa shape index (κ1) is 27.7. The molecule has 2 N–H and O–H groups in total. The van der Waals surface area contributed by atoms with Gasteiger partial charge in [-0.3, -0.25) is 4.79 Å². The number of rotatable bonds is 11. The lowest BCUT2D eigenvalue weighted by molar-refractivity contribution is 0.0950. The van der Waals surface area contributed by atoms with E-state index in [1.54, 1.807) is 32.2 Å². The second kappa shape index (κ2) is 15.3. The molecule has 196 valence electrons. The number of carbonyl (C=O) groups is 1. The van der Waals surface area contributed by atoms with E-state index >= 15 is 0 Å². The molecule has 4 rings (SSSR count). The van der Waals surface area contributed by atoms with E-state index in [0.29, 0.717) is 12.2 Å². The molecule has 0 aliphatic rings. The summed E-state index contributed by atoms with van der Waals surface area (Å²) < 4.78 is 15.5. The number of ether oxygens (including phenoxy) is 3. The highest BCUT2D eigenvalue weighted by Crippen LogP contribution is 2.14. The van der Waals surface area contributed by atoms with Crippen LogP contribution in [0.2, 0.25) is 0 Å². The van der Waals surface area contributed by atoms with Crippen LogP contribution in [0.15, 0.2) is 83.7 Å².